The molecule has 1 aliphatic heterocycles. The summed E-state index contributed by atoms with van der Waals surface area (Å²) in [7, 11) is 0. The smallest absolute Gasteiger partial charge is 0.305 e. The molecule has 0 bridgehead atoms. The van der Waals surface area contributed by atoms with Gasteiger partial charge in [0.15, 0.2) is 0 Å². The van der Waals surface area contributed by atoms with E-state index in [0.29, 0.717) is 18.4 Å². The van der Waals surface area contributed by atoms with Gasteiger partial charge in [0, 0.05) is 6.54 Å². The largest absolute Gasteiger partial charge is 0.325 e. The van der Waals surface area contributed by atoms with Crippen LogP contribution in [0.5, 0.6) is 0 Å². The number of nitrogens with zero attached hydrogens (tertiary/aromatic N) is 1. The van der Waals surface area contributed by atoms with Gasteiger partial charge in [0.1, 0.15) is 11.4 Å². The van der Waals surface area contributed by atoms with Gasteiger partial charge >= 0.3 is 6.03 Å². The van der Waals surface area contributed by atoms with Crippen LogP contribution in [0.2, 0.25) is 5.02 Å². The van der Waals surface area contributed by atoms with Crippen LogP contribution in [0.3, 0.4) is 0 Å². The van der Waals surface area contributed by atoms with Gasteiger partial charge in [-0.05, 0) is 30.5 Å². The lowest BCUT2D eigenvalue weighted by Crippen LogP contribution is -2.48. The maximum atomic E-state index is 13.5. The lowest BCUT2D eigenvalue weighted by atomic mass is 9.91. The SMILES string of the molecule is CCC1(CC)C(=O)NC(=O)N1Cc1ccc(Cl)c(F)c1. The molecule has 4 nitrogen and oxygen atoms in total. The zero-order valence-corrected chi connectivity index (χ0v) is 12.1. The van der Waals surface area contributed by atoms with E-state index >= 15 is 0 Å². The van der Waals surface area contributed by atoms with E-state index in [9.17, 15) is 14.0 Å². The summed E-state index contributed by atoms with van der Waals surface area (Å²) in [4.78, 5) is 25.4. The summed E-state index contributed by atoms with van der Waals surface area (Å²) in [6.07, 6.45) is 1.02. The summed E-state index contributed by atoms with van der Waals surface area (Å²) in [5.74, 6) is -0.823. The van der Waals surface area contributed by atoms with Gasteiger partial charge in [0.25, 0.3) is 5.91 Å². The van der Waals surface area contributed by atoms with Crippen LogP contribution in [0, 0.1) is 5.82 Å². The number of imide groups is 1. The molecule has 0 atom stereocenters. The number of carbonyl (C=O) groups excluding carboxylic acids is 2. The number of rotatable bonds is 4. The molecular weight excluding hydrogens is 283 g/mol. The highest BCUT2D eigenvalue weighted by atomic mass is 35.5. The molecule has 1 fully saturated rings. The monoisotopic (exact) mass is 298 g/mol. The highest BCUT2D eigenvalue weighted by molar-refractivity contribution is 6.30. The summed E-state index contributed by atoms with van der Waals surface area (Å²) in [5, 5.41) is 2.37. The second-order valence-corrected chi connectivity index (χ2v) is 5.24. The number of nitrogens with one attached hydrogen (secondary N) is 1. The quantitative estimate of drug-likeness (QED) is 0.868. The van der Waals surface area contributed by atoms with Crippen LogP contribution in [-0.4, -0.2) is 22.4 Å². The Morgan fingerprint density at radius 1 is 1.30 bits per heavy atom. The first-order valence-electron chi connectivity index (χ1n) is 6.51. The zero-order valence-electron chi connectivity index (χ0n) is 11.4. The van der Waals surface area contributed by atoms with Crippen LogP contribution >= 0.6 is 11.6 Å². The van der Waals surface area contributed by atoms with E-state index in [1.165, 1.54) is 17.0 Å². The average Bonchev–Trinajstić information content (AvgIpc) is 2.65. The second kappa shape index (κ2) is 5.40. The number of hydrogen-bond acceptors (Lipinski definition) is 2. The van der Waals surface area contributed by atoms with Crippen LogP contribution in [0.1, 0.15) is 32.3 Å². The lowest BCUT2D eigenvalue weighted by Gasteiger charge is -2.33. The maximum absolute atomic E-state index is 13.5. The summed E-state index contributed by atoms with van der Waals surface area (Å²) in [5.41, 5.74) is -0.254. The van der Waals surface area contributed by atoms with Crippen molar-refractivity contribution in [1.29, 1.82) is 0 Å². The third-order valence-corrected chi connectivity index (χ3v) is 4.21. The number of carbonyl (C=O) groups is 2. The van der Waals surface area contributed by atoms with Crippen molar-refractivity contribution in [3.05, 3.63) is 34.6 Å². The number of hydrogen-bond donors (Lipinski definition) is 1. The van der Waals surface area contributed by atoms with Crippen LogP contribution < -0.4 is 5.32 Å². The van der Waals surface area contributed by atoms with Crippen molar-refractivity contribution < 1.29 is 14.0 Å². The Bertz CT molecular complexity index is 558. The van der Waals surface area contributed by atoms with Gasteiger partial charge in [-0.15, -0.1) is 0 Å². The fourth-order valence-electron chi connectivity index (χ4n) is 2.59. The Kier molecular flexibility index (Phi) is 3.99. The predicted octanol–water partition coefficient (Wildman–Crippen LogP) is 3.09. The van der Waals surface area contributed by atoms with E-state index in [2.05, 4.69) is 5.32 Å². The van der Waals surface area contributed by atoms with E-state index in [0.717, 1.165) is 0 Å². The van der Waals surface area contributed by atoms with Crippen molar-refractivity contribution >= 4 is 23.5 Å². The Morgan fingerprint density at radius 2 is 1.95 bits per heavy atom. The molecule has 1 N–H and O–H groups in total. The fourth-order valence-corrected chi connectivity index (χ4v) is 2.71. The second-order valence-electron chi connectivity index (χ2n) is 4.83. The summed E-state index contributed by atoms with van der Waals surface area (Å²) in [6.45, 7) is 3.89. The van der Waals surface area contributed by atoms with Gasteiger partial charge in [-0.1, -0.05) is 31.5 Å². The predicted molar refractivity (Wildman–Crippen MR) is 73.8 cm³/mol. The van der Waals surface area contributed by atoms with Gasteiger partial charge in [-0.25, -0.2) is 9.18 Å². The van der Waals surface area contributed by atoms with Crippen LogP contribution in [0.25, 0.3) is 0 Å². The maximum Gasteiger partial charge on any atom is 0.325 e. The van der Waals surface area contributed by atoms with Gasteiger partial charge in [-0.3, -0.25) is 10.1 Å². The molecule has 3 amide bonds. The minimum Gasteiger partial charge on any atom is -0.305 e. The molecule has 1 aliphatic rings. The Hall–Kier alpha value is -1.62. The first kappa shape index (κ1) is 14.8. The average molecular weight is 299 g/mol. The highest BCUT2D eigenvalue weighted by Gasteiger charge is 2.50. The molecule has 6 heteroatoms. The molecule has 0 aliphatic carbocycles. The minimum absolute atomic E-state index is 0.0351. The molecule has 1 saturated heterocycles. The minimum atomic E-state index is -0.854. The molecule has 20 heavy (non-hydrogen) atoms. The first-order chi connectivity index (χ1) is 9.44. The number of benzene rings is 1. The highest BCUT2D eigenvalue weighted by Crippen LogP contribution is 2.31. The first-order valence-corrected chi connectivity index (χ1v) is 6.89. The van der Waals surface area contributed by atoms with Crippen LogP contribution in [0.4, 0.5) is 9.18 Å². The third kappa shape index (κ3) is 2.26. The molecule has 1 aromatic rings. The van der Waals surface area contributed by atoms with E-state index in [-0.39, 0.29) is 17.5 Å². The zero-order chi connectivity index (χ0) is 14.9. The summed E-state index contributed by atoms with van der Waals surface area (Å²) < 4.78 is 13.5. The molecular formula is C14H16ClFN2O2. The van der Waals surface area contributed by atoms with Gasteiger partial charge in [-0.2, -0.15) is 0 Å². The van der Waals surface area contributed by atoms with Crippen molar-refractivity contribution in [3.63, 3.8) is 0 Å². The molecule has 0 radical (unpaired) electrons. The normalized spacial score (nSPS) is 17.5. The van der Waals surface area contributed by atoms with Crippen LogP contribution in [-0.2, 0) is 11.3 Å². The van der Waals surface area contributed by atoms with Crippen molar-refractivity contribution in [2.24, 2.45) is 0 Å². The number of amides is 3. The molecule has 1 heterocycles. The van der Waals surface area contributed by atoms with Crippen molar-refractivity contribution in [2.45, 2.75) is 38.8 Å². The molecule has 0 aromatic heterocycles. The van der Waals surface area contributed by atoms with Crippen molar-refractivity contribution in [2.75, 3.05) is 0 Å². The molecule has 0 saturated carbocycles. The molecule has 108 valence electrons. The molecule has 0 spiro atoms. The van der Waals surface area contributed by atoms with Crippen molar-refractivity contribution in [1.82, 2.24) is 10.2 Å². The van der Waals surface area contributed by atoms with E-state index in [1.807, 2.05) is 13.8 Å². The van der Waals surface area contributed by atoms with Crippen LogP contribution in [0.15, 0.2) is 18.2 Å². The third-order valence-electron chi connectivity index (χ3n) is 3.90. The van der Waals surface area contributed by atoms with Crippen molar-refractivity contribution in [3.8, 4) is 0 Å². The molecule has 1 aromatic carbocycles. The van der Waals surface area contributed by atoms with E-state index < -0.39 is 17.4 Å². The number of urea groups is 1. The van der Waals surface area contributed by atoms with Gasteiger partial charge < -0.3 is 4.90 Å². The van der Waals surface area contributed by atoms with Gasteiger partial charge in [0.2, 0.25) is 0 Å². The molecule has 0 unspecified atom stereocenters. The fraction of sp³-hybridized carbons (Fsp3) is 0.429. The van der Waals surface area contributed by atoms with E-state index in [4.69, 9.17) is 11.6 Å². The Labute approximate surface area is 121 Å². The molecule has 2 rings (SSSR count). The summed E-state index contributed by atoms with van der Waals surface area (Å²) in [6, 6.07) is 3.95. The lowest BCUT2D eigenvalue weighted by molar-refractivity contribution is -0.127. The standard InChI is InChI=1S/C14H16ClFN2O2/c1-3-14(4-2)12(19)17-13(20)18(14)8-9-5-6-10(15)11(16)7-9/h5-7H,3-4,8H2,1-2H3,(H,17,19,20). The topological polar surface area (TPSA) is 49.4 Å². The Morgan fingerprint density at radius 3 is 2.50 bits per heavy atom. The van der Waals surface area contributed by atoms with E-state index in [1.54, 1.807) is 6.07 Å². The van der Waals surface area contributed by atoms with Gasteiger partial charge in [0.05, 0.1) is 5.02 Å². The number of halogens is 2. The Balaban J connectivity index is 2.32. The summed E-state index contributed by atoms with van der Waals surface area (Å²) >= 11 is 5.64.